The van der Waals surface area contributed by atoms with Crippen LogP contribution in [-0.2, 0) is 6.54 Å². The Morgan fingerprint density at radius 1 is 1.33 bits per heavy atom. The summed E-state index contributed by atoms with van der Waals surface area (Å²) < 4.78 is 5.08. The summed E-state index contributed by atoms with van der Waals surface area (Å²) in [5.41, 5.74) is 0.969. The van der Waals surface area contributed by atoms with Gasteiger partial charge >= 0.3 is 0 Å². The van der Waals surface area contributed by atoms with Crippen molar-refractivity contribution in [3.8, 4) is 11.5 Å². The molecule has 2 atom stereocenters. The lowest BCUT2D eigenvalue weighted by Crippen LogP contribution is -2.48. The number of piperidine rings is 1. The molecule has 0 saturated carbocycles. The first-order valence-electron chi connectivity index (χ1n) is 8.42. The minimum Gasteiger partial charge on any atom is -0.504 e. The molecule has 1 saturated heterocycles. The number of halogens is 1. The molecule has 1 fully saturated rings. The maximum atomic E-state index is 9.88. The standard InChI is InChI=1S/C18H29N3O2.HI/c1-5-19-18(21-11-13(2)8-14(3)12-21)20-10-15-6-7-17(23-4)16(22)9-15;/h6-7,9,13-14,22H,5,8,10-12H2,1-4H3,(H,19,20);1H. The van der Waals surface area contributed by atoms with Gasteiger partial charge < -0.3 is 20.1 Å². The third kappa shape index (κ3) is 5.72. The van der Waals surface area contributed by atoms with E-state index in [4.69, 9.17) is 9.73 Å². The van der Waals surface area contributed by atoms with E-state index in [1.54, 1.807) is 19.2 Å². The number of hydrogen-bond acceptors (Lipinski definition) is 3. The minimum absolute atomic E-state index is 0. The predicted octanol–water partition coefficient (Wildman–Crippen LogP) is 3.46. The van der Waals surface area contributed by atoms with E-state index in [-0.39, 0.29) is 29.7 Å². The lowest BCUT2D eigenvalue weighted by atomic mass is 9.92. The van der Waals surface area contributed by atoms with Gasteiger partial charge in [0.1, 0.15) is 0 Å². The van der Waals surface area contributed by atoms with Crippen LogP contribution < -0.4 is 10.1 Å². The largest absolute Gasteiger partial charge is 0.504 e. The highest BCUT2D eigenvalue weighted by Gasteiger charge is 2.23. The Morgan fingerprint density at radius 3 is 2.54 bits per heavy atom. The Kier molecular flexibility index (Phi) is 8.66. The Labute approximate surface area is 162 Å². The highest BCUT2D eigenvalue weighted by atomic mass is 127. The Morgan fingerprint density at radius 2 is 2.00 bits per heavy atom. The molecule has 1 heterocycles. The van der Waals surface area contributed by atoms with E-state index in [9.17, 15) is 5.11 Å². The second-order valence-corrected chi connectivity index (χ2v) is 6.53. The number of guanidine groups is 1. The number of likely N-dealkylation sites (tertiary alicyclic amines) is 1. The van der Waals surface area contributed by atoms with Crippen molar-refractivity contribution < 1.29 is 9.84 Å². The Bertz CT molecular complexity index is 541. The molecule has 1 aromatic rings. The van der Waals surface area contributed by atoms with Crippen LogP contribution in [0.4, 0.5) is 0 Å². The quantitative estimate of drug-likeness (QED) is 0.422. The topological polar surface area (TPSA) is 57.1 Å². The summed E-state index contributed by atoms with van der Waals surface area (Å²) in [5.74, 6) is 2.98. The van der Waals surface area contributed by atoms with Crippen LogP contribution in [0.5, 0.6) is 11.5 Å². The number of phenols is 1. The van der Waals surface area contributed by atoms with E-state index in [1.165, 1.54) is 6.42 Å². The first kappa shape index (κ1) is 20.9. The molecule has 0 spiro atoms. The molecular weight excluding hydrogens is 417 g/mol. The maximum absolute atomic E-state index is 9.88. The summed E-state index contributed by atoms with van der Waals surface area (Å²) in [7, 11) is 1.55. The number of nitrogens with zero attached hydrogens (tertiary/aromatic N) is 2. The van der Waals surface area contributed by atoms with Crippen LogP contribution in [-0.4, -0.2) is 42.7 Å². The fraction of sp³-hybridized carbons (Fsp3) is 0.611. The molecule has 2 rings (SSSR count). The van der Waals surface area contributed by atoms with Crippen molar-refractivity contribution in [3.05, 3.63) is 23.8 Å². The number of ether oxygens (including phenoxy) is 1. The van der Waals surface area contributed by atoms with Gasteiger partial charge in [-0.3, -0.25) is 0 Å². The molecule has 6 heteroatoms. The molecule has 5 nitrogen and oxygen atoms in total. The van der Waals surface area contributed by atoms with Crippen LogP contribution in [0.1, 0.15) is 32.8 Å². The smallest absolute Gasteiger partial charge is 0.194 e. The third-order valence-electron chi connectivity index (χ3n) is 4.16. The lowest BCUT2D eigenvalue weighted by Gasteiger charge is -2.37. The minimum atomic E-state index is 0. The van der Waals surface area contributed by atoms with Gasteiger partial charge in [-0.05, 0) is 42.9 Å². The lowest BCUT2D eigenvalue weighted by molar-refractivity contribution is 0.208. The summed E-state index contributed by atoms with van der Waals surface area (Å²) in [6.45, 7) is 10.2. The van der Waals surface area contributed by atoms with Crippen molar-refractivity contribution in [1.82, 2.24) is 10.2 Å². The molecule has 0 aromatic heterocycles. The first-order valence-corrected chi connectivity index (χ1v) is 8.42. The molecule has 2 N–H and O–H groups in total. The SMILES string of the molecule is CCNC(=NCc1ccc(OC)c(O)c1)N1CC(C)CC(C)C1.I. The second-order valence-electron chi connectivity index (χ2n) is 6.53. The summed E-state index contributed by atoms with van der Waals surface area (Å²) in [6.07, 6.45) is 1.28. The molecule has 136 valence electrons. The van der Waals surface area contributed by atoms with Gasteiger partial charge in [0.2, 0.25) is 0 Å². The van der Waals surface area contributed by atoms with Gasteiger partial charge in [0, 0.05) is 19.6 Å². The van der Waals surface area contributed by atoms with E-state index < -0.39 is 0 Å². The van der Waals surface area contributed by atoms with Gasteiger partial charge in [-0.2, -0.15) is 0 Å². The molecule has 0 aliphatic carbocycles. The summed E-state index contributed by atoms with van der Waals surface area (Å²) in [5, 5.41) is 13.3. The highest BCUT2D eigenvalue weighted by Crippen LogP contribution is 2.26. The van der Waals surface area contributed by atoms with Crippen molar-refractivity contribution in [3.63, 3.8) is 0 Å². The van der Waals surface area contributed by atoms with Crippen LogP contribution in [0, 0.1) is 11.8 Å². The van der Waals surface area contributed by atoms with Crippen molar-refractivity contribution in [2.24, 2.45) is 16.8 Å². The van der Waals surface area contributed by atoms with E-state index in [0.717, 1.165) is 31.2 Å². The monoisotopic (exact) mass is 447 g/mol. The number of aliphatic imine (C=N–C) groups is 1. The first-order chi connectivity index (χ1) is 11.0. The Balaban J connectivity index is 0.00000288. The number of aromatic hydroxyl groups is 1. The molecule has 24 heavy (non-hydrogen) atoms. The van der Waals surface area contributed by atoms with Crippen LogP contribution in [0.2, 0.25) is 0 Å². The molecule has 0 amide bonds. The molecule has 2 unspecified atom stereocenters. The van der Waals surface area contributed by atoms with Crippen LogP contribution in [0.3, 0.4) is 0 Å². The van der Waals surface area contributed by atoms with E-state index in [2.05, 4.69) is 31.0 Å². The van der Waals surface area contributed by atoms with Gasteiger partial charge in [0.15, 0.2) is 17.5 Å². The fourth-order valence-electron chi connectivity index (χ4n) is 3.26. The number of nitrogens with one attached hydrogen (secondary N) is 1. The van der Waals surface area contributed by atoms with Gasteiger partial charge in [-0.1, -0.05) is 19.9 Å². The maximum Gasteiger partial charge on any atom is 0.194 e. The number of benzene rings is 1. The third-order valence-corrected chi connectivity index (χ3v) is 4.16. The molecule has 1 aliphatic heterocycles. The Hall–Kier alpha value is -1.18. The number of rotatable bonds is 4. The fourth-order valence-corrected chi connectivity index (χ4v) is 3.26. The van der Waals surface area contributed by atoms with E-state index >= 15 is 0 Å². The van der Waals surface area contributed by atoms with Crippen molar-refractivity contribution in [1.29, 1.82) is 0 Å². The summed E-state index contributed by atoms with van der Waals surface area (Å²) >= 11 is 0. The van der Waals surface area contributed by atoms with Crippen molar-refractivity contribution >= 4 is 29.9 Å². The zero-order valence-electron chi connectivity index (χ0n) is 15.1. The van der Waals surface area contributed by atoms with Crippen LogP contribution in [0.25, 0.3) is 0 Å². The molecule has 0 bridgehead atoms. The van der Waals surface area contributed by atoms with Gasteiger partial charge in [-0.25, -0.2) is 4.99 Å². The average Bonchev–Trinajstić information content (AvgIpc) is 2.50. The van der Waals surface area contributed by atoms with Crippen LogP contribution >= 0.6 is 24.0 Å². The number of methoxy groups -OCH3 is 1. The molecule has 1 aliphatic rings. The highest BCUT2D eigenvalue weighted by molar-refractivity contribution is 14.0. The average molecular weight is 447 g/mol. The van der Waals surface area contributed by atoms with E-state index in [1.807, 2.05) is 6.07 Å². The number of phenolic OH excluding ortho intramolecular Hbond substituents is 1. The molecule has 1 aromatic carbocycles. The predicted molar refractivity (Wildman–Crippen MR) is 109 cm³/mol. The second kappa shape index (κ2) is 9.96. The molecule has 0 radical (unpaired) electrons. The summed E-state index contributed by atoms with van der Waals surface area (Å²) in [6, 6.07) is 5.43. The van der Waals surface area contributed by atoms with Crippen molar-refractivity contribution in [2.45, 2.75) is 33.7 Å². The van der Waals surface area contributed by atoms with Crippen molar-refractivity contribution in [2.75, 3.05) is 26.7 Å². The van der Waals surface area contributed by atoms with Gasteiger partial charge in [-0.15, -0.1) is 24.0 Å². The van der Waals surface area contributed by atoms with Gasteiger partial charge in [0.25, 0.3) is 0 Å². The zero-order valence-corrected chi connectivity index (χ0v) is 17.4. The van der Waals surface area contributed by atoms with E-state index in [0.29, 0.717) is 24.1 Å². The summed E-state index contributed by atoms with van der Waals surface area (Å²) in [4.78, 5) is 7.11. The molecular formula is C18H30IN3O2. The number of hydrogen-bond donors (Lipinski definition) is 2. The normalized spacial score (nSPS) is 21.2. The van der Waals surface area contributed by atoms with Crippen LogP contribution in [0.15, 0.2) is 23.2 Å². The van der Waals surface area contributed by atoms with Gasteiger partial charge in [0.05, 0.1) is 13.7 Å². The zero-order chi connectivity index (χ0) is 16.8.